The predicted molar refractivity (Wildman–Crippen MR) is 55.2 cm³/mol. The first-order valence-corrected chi connectivity index (χ1v) is 4.30. The van der Waals surface area contributed by atoms with Gasteiger partial charge in [-0.2, -0.15) is 15.6 Å². The highest BCUT2D eigenvalue weighted by Crippen LogP contribution is 2.27. The lowest BCUT2D eigenvalue weighted by Crippen LogP contribution is -2.02. The molecule has 0 aliphatic rings. The molecule has 5 nitrogen and oxygen atoms in total. The largest absolute Gasteiger partial charge is 0.494 e. The first-order valence-electron chi connectivity index (χ1n) is 4.30. The number of nitriles is 2. The van der Waals surface area contributed by atoms with Crippen LogP contribution in [0.2, 0.25) is 0 Å². The first kappa shape index (κ1) is 12.4. The standard InChI is InChI=1S/C10H6F2N4O/c1-17-8-3-2-7(11)10(9(8)12)16-15-6(4-13)5-14/h2-3,16H,1H3. The SMILES string of the molecule is COc1ccc(F)c(NN=C(C#N)C#N)c1F. The van der Waals surface area contributed by atoms with Crippen molar-refractivity contribution in [2.45, 2.75) is 0 Å². The summed E-state index contributed by atoms with van der Waals surface area (Å²) in [6.45, 7) is 0. The Labute approximate surface area is 95.5 Å². The summed E-state index contributed by atoms with van der Waals surface area (Å²) in [6.07, 6.45) is 0. The Hall–Kier alpha value is -2.67. The summed E-state index contributed by atoms with van der Waals surface area (Å²) < 4.78 is 31.4. The van der Waals surface area contributed by atoms with Crippen molar-refractivity contribution in [2.24, 2.45) is 5.10 Å². The van der Waals surface area contributed by atoms with Crippen LogP contribution >= 0.6 is 0 Å². The maximum Gasteiger partial charge on any atom is 0.237 e. The van der Waals surface area contributed by atoms with Gasteiger partial charge in [0.15, 0.2) is 17.4 Å². The van der Waals surface area contributed by atoms with Gasteiger partial charge in [0, 0.05) is 0 Å². The number of halogens is 2. The molecule has 17 heavy (non-hydrogen) atoms. The number of hydrogen-bond acceptors (Lipinski definition) is 5. The fourth-order valence-corrected chi connectivity index (χ4v) is 0.980. The van der Waals surface area contributed by atoms with Gasteiger partial charge in [-0.25, -0.2) is 8.78 Å². The molecule has 0 atom stereocenters. The topological polar surface area (TPSA) is 81.2 Å². The molecule has 0 unspecified atom stereocenters. The van der Waals surface area contributed by atoms with Crippen molar-refractivity contribution in [2.75, 3.05) is 12.5 Å². The molecule has 86 valence electrons. The normalized spacial score (nSPS) is 8.76. The second kappa shape index (κ2) is 5.42. The summed E-state index contributed by atoms with van der Waals surface area (Å²) in [5.74, 6) is -2.09. The van der Waals surface area contributed by atoms with Crippen LogP contribution in [-0.2, 0) is 0 Å². The number of nitrogens with zero attached hydrogens (tertiary/aromatic N) is 3. The molecule has 1 aromatic carbocycles. The fourth-order valence-electron chi connectivity index (χ4n) is 0.980. The average Bonchev–Trinajstić information content (AvgIpc) is 2.34. The zero-order valence-electron chi connectivity index (χ0n) is 8.66. The van der Waals surface area contributed by atoms with Gasteiger partial charge in [-0.15, -0.1) is 0 Å². The molecule has 0 fully saturated rings. The van der Waals surface area contributed by atoms with E-state index in [-0.39, 0.29) is 5.75 Å². The molecular weight excluding hydrogens is 230 g/mol. The molecule has 1 rings (SSSR count). The Balaban J connectivity index is 3.12. The van der Waals surface area contributed by atoms with Crippen molar-refractivity contribution in [1.29, 1.82) is 10.5 Å². The molecule has 0 aliphatic heterocycles. The van der Waals surface area contributed by atoms with Crippen LogP contribution in [0.1, 0.15) is 0 Å². The Kier molecular flexibility index (Phi) is 3.96. The molecule has 0 heterocycles. The zero-order chi connectivity index (χ0) is 12.8. The van der Waals surface area contributed by atoms with Crippen molar-refractivity contribution < 1.29 is 13.5 Å². The molecule has 0 aliphatic carbocycles. The lowest BCUT2D eigenvalue weighted by Gasteiger charge is -2.07. The van der Waals surface area contributed by atoms with Gasteiger partial charge >= 0.3 is 0 Å². The van der Waals surface area contributed by atoms with Gasteiger partial charge in [-0.3, -0.25) is 5.43 Å². The summed E-state index contributed by atoms with van der Waals surface area (Å²) in [4.78, 5) is 0. The second-order valence-corrected chi connectivity index (χ2v) is 2.73. The van der Waals surface area contributed by atoms with Crippen LogP contribution in [0.3, 0.4) is 0 Å². The van der Waals surface area contributed by atoms with Gasteiger partial charge in [0.25, 0.3) is 0 Å². The maximum absolute atomic E-state index is 13.5. The number of nitrogens with one attached hydrogen (secondary N) is 1. The molecule has 1 N–H and O–H groups in total. The van der Waals surface area contributed by atoms with Gasteiger partial charge in [-0.05, 0) is 12.1 Å². The van der Waals surface area contributed by atoms with Gasteiger partial charge in [0.2, 0.25) is 5.71 Å². The zero-order valence-corrected chi connectivity index (χ0v) is 8.66. The molecule has 1 aromatic rings. The summed E-state index contributed by atoms with van der Waals surface area (Å²) in [7, 11) is 1.22. The Morgan fingerprint density at radius 1 is 1.35 bits per heavy atom. The number of ether oxygens (including phenoxy) is 1. The minimum atomic E-state index is -0.994. The van der Waals surface area contributed by atoms with Crippen molar-refractivity contribution in [3.63, 3.8) is 0 Å². The lowest BCUT2D eigenvalue weighted by molar-refractivity contribution is 0.385. The first-order chi connectivity index (χ1) is 8.13. The van der Waals surface area contributed by atoms with Gasteiger partial charge in [0.1, 0.15) is 17.8 Å². The van der Waals surface area contributed by atoms with Gasteiger partial charge in [0.05, 0.1) is 7.11 Å². The average molecular weight is 236 g/mol. The van der Waals surface area contributed by atoms with E-state index < -0.39 is 23.0 Å². The third-order valence-corrected chi connectivity index (χ3v) is 1.77. The predicted octanol–water partition coefficient (Wildman–Crippen LogP) is 1.79. The minimum Gasteiger partial charge on any atom is -0.494 e. The van der Waals surface area contributed by atoms with Crippen molar-refractivity contribution in [3.8, 4) is 17.9 Å². The number of benzene rings is 1. The van der Waals surface area contributed by atoms with Crippen LogP contribution in [0.4, 0.5) is 14.5 Å². The molecule has 0 amide bonds. The summed E-state index contributed by atoms with van der Waals surface area (Å²) in [6, 6.07) is 4.96. The van der Waals surface area contributed by atoms with E-state index in [0.29, 0.717) is 0 Å². The van der Waals surface area contributed by atoms with E-state index in [1.54, 1.807) is 0 Å². The van der Waals surface area contributed by atoms with E-state index in [1.807, 2.05) is 5.43 Å². The van der Waals surface area contributed by atoms with Crippen molar-refractivity contribution >= 4 is 11.4 Å². The molecule has 7 heteroatoms. The molecule has 0 saturated heterocycles. The molecule has 0 radical (unpaired) electrons. The van der Waals surface area contributed by atoms with E-state index in [9.17, 15) is 8.78 Å². The van der Waals surface area contributed by atoms with Crippen LogP contribution in [0.15, 0.2) is 17.2 Å². The quantitative estimate of drug-likeness (QED) is 0.640. The number of hydrazone groups is 1. The van der Waals surface area contributed by atoms with E-state index in [4.69, 9.17) is 10.5 Å². The highest BCUT2D eigenvalue weighted by atomic mass is 19.1. The fraction of sp³-hybridized carbons (Fsp3) is 0.100. The number of rotatable bonds is 3. The molecule has 0 aromatic heterocycles. The monoisotopic (exact) mass is 236 g/mol. The number of anilines is 1. The lowest BCUT2D eigenvalue weighted by atomic mass is 10.3. The van der Waals surface area contributed by atoms with Gasteiger partial charge in [-0.1, -0.05) is 0 Å². The smallest absolute Gasteiger partial charge is 0.237 e. The van der Waals surface area contributed by atoms with E-state index in [0.717, 1.165) is 12.1 Å². The summed E-state index contributed by atoms with van der Waals surface area (Å²) >= 11 is 0. The molecule has 0 saturated carbocycles. The summed E-state index contributed by atoms with van der Waals surface area (Å²) in [5, 5.41) is 20.0. The van der Waals surface area contributed by atoms with Gasteiger partial charge < -0.3 is 4.74 Å². The second-order valence-electron chi connectivity index (χ2n) is 2.73. The Morgan fingerprint density at radius 2 is 2.00 bits per heavy atom. The Bertz CT molecular complexity index is 526. The van der Waals surface area contributed by atoms with E-state index in [2.05, 4.69) is 9.84 Å². The Morgan fingerprint density at radius 3 is 2.53 bits per heavy atom. The van der Waals surface area contributed by atoms with Crippen LogP contribution in [0, 0.1) is 34.3 Å². The van der Waals surface area contributed by atoms with E-state index >= 15 is 0 Å². The third kappa shape index (κ3) is 2.67. The highest BCUT2D eigenvalue weighted by Gasteiger charge is 2.13. The van der Waals surface area contributed by atoms with E-state index in [1.165, 1.54) is 19.2 Å². The summed E-state index contributed by atoms with van der Waals surface area (Å²) in [5.41, 5.74) is 0.831. The number of methoxy groups -OCH3 is 1. The maximum atomic E-state index is 13.5. The van der Waals surface area contributed by atoms with Crippen molar-refractivity contribution in [1.82, 2.24) is 0 Å². The van der Waals surface area contributed by atoms with Crippen molar-refractivity contribution in [3.05, 3.63) is 23.8 Å². The third-order valence-electron chi connectivity index (χ3n) is 1.77. The molecular formula is C10H6F2N4O. The molecule has 0 spiro atoms. The number of hydrogen-bond donors (Lipinski definition) is 1. The highest BCUT2D eigenvalue weighted by molar-refractivity contribution is 6.10. The van der Waals surface area contributed by atoms with Crippen LogP contribution in [0.5, 0.6) is 5.75 Å². The van der Waals surface area contributed by atoms with Crippen LogP contribution in [-0.4, -0.2) is 12.8 Å². The van der Waals surface area contributed by atoms with Crippen LogP contribution in [0.25, 0.3) is 0 Å². The van der Waals surface area contributed by atoms with Crippen LogP contribution < -0.4 is 10.2 Å². The minimum absolute atomic E-state index is 0.181. The molecule has 0 bridgehead atoms.